The van der Waals surface area contributed by atoms with Gasteiger partial charge in [-0.05, 0) is 36.3 Å². The van der Waals surface area contributed by atoms with E-state index in [1.54, 1.807) is 0 Å². The Morgan fingerprint density at radius 1 is 1.44 bits per heavy atom. The summed E-state index contributed by atoms with van der Waals surface area (Å²) in [6.07, 6.45) is 3.30. The Labute approximate surface area is 97.7 Å². The molecule has 1 unspecified atom stereocenters. The second-order valence-corrected chi connectivity index (χ2v) is 4.71. The van der Waals surface area contributed by atoms with Crippen LogP contribution in [-0.2, 0) is 6.54 Å². The molecule has 1 atom stereocenters. The van der Waals surface area contributed by atoms with Crippen LogP contribution in [0.1, 0.15) is 43.2 Å². The van der Waals surface area contributed by atoms with Gasteiger partial charge in [-0.1, -0.05) is 31.2 Å². The van der Waals surface area contributed by atoms with Crippen molar-refractivity contribution in [2.75, 3.05) is 6.54 Å². The Kier molecular flexibility index (Phi) is 3.97. The normalized spacial score (nSPS) is 17.4. The van der Waals surface area contributed by atoms with E-state index in [4.69, 9.17) is 0 Å². The summed E-state index contributed by atoms with van der Waals surface area (Å²) < 4.78 is 0. The van der Waals surface area contributed by atoms with Gasteiger partial charge in [0.15, 0.2) is 0 Å². The van der Waals surface area contributed by atoms with Crippen LogP contribution in [0.25, 0.3) is 0 Å². The molecule has 2 nitrogen and oxygen atoms in total. The van der Waals surface area contributed by atoms with Crippen molar-refractivity contribution >= 4 is 0 Å². The van der Waals surface area contributed by atoms with Crippen molar-refractivity contribution < 1.29 is 5.11 Å². The lowest BCUT2D eigenvalue weighted by atomic mass is 10.1. The van der Waals surface area contributed by atoms with Crippen molar-refractivity contribution in [2.45, 2.75) is 44.8 Å². The highest BCUT2D eigenvalue weighted by molar-refractivity contribution is 5.29. The van der Waals surface area contributed by atoms with Crippen LogP contribution in [-0.4, -0.2) is 17.8 Å². The van der Waals surface area contributed by atoms with E-state index < -0.39 is 0 Å². The molecule has 2 N–H and O–H groups in total. The van der Waals surface area contributed by atoms with Gasteiger partial charge in [0, 0.05) is 13.1 Å². The SMILES string of the molecule is CCC(O)CNCc1cccc(C2CC2)c1. The van der Waals surface area contributed by atoms with Gasteiger partial charge in [-0.15, -0.1) is 0 Å². The minimum absolute atomic E-state index is 0.216. The van der Waals surface area contributed by atoms with E-state index in [-0.39, 0.29) is 6.10 Å². The average Bonchev–Trinajstić information content (AvgIpc) is 3.13. The molecule has 1 aromatic rings. The zero-order chi connectivity index (χ0) is 11.4. The van der Waals surface area contributed by atoms with Gasteiger partial charge in [0.1, 0.15) is 0 Å². The van der Waals surface area contributed by atoms with Crippen molar-refractivity contribution in [1.82, 2.24) is 5.32 Å². The zero-order valence-electron chi connectivity index (χ0n) is 9.95. The predicted molar refractivity (Wildman–Crippen MR) is 66.4 cm³/mol. The number of hydrogen-bond donors (Lipinski definition) is 2. The van der Waals surface area contributed by atoms with E-state index in [0.29, 0.717) is 6.54 Å². The first kappa shape index (κ1) is 11.6. The molecule has 1 aliphatic rings. The minimum Gasteiger partial charge on any atom is -0.392 e. The lowest BCUT2D eigenvalue weighted by molar-refractivity contribution is 0.167. The van der Waals surface area contributed by atoms with Crippen LogP contribution in [0.4, 0.5) is 0 Å². The monoisotopic (exact) mass is 219 g/mol. The summed E-state index contributed by atoms with van der Waals surface area (Å²) in [5.41, 5.74) is 2.81. The molecule has 0 saturated heterocycles. The molecule has 1 saturated carbocycles. The molecule has 0 amide bonds. The third-order valence-corrected chi connectivity index (χ3v) is 3.18. The Morgan fingerprint density at radius 3 is 2.94 bits per heavy atom. The number of aliphatic hydroxyl groups excluding tert-OH is 1. The van der Waals surface area contributed by atoms with Gasteiger partial charge in [-0.25, -0.2) is 0 Å². The quantitative estimate of drug-likeness (QED) is 0.770. The second-order valence-electron chi connectivity index (χ2n) is 4.71. The highest BCUT2D eigenvalue weighted by Gasteiger charge is 2.23. The molecule has 0 bridgehead atoms. The van der Waals surface area contributed by atoms with Gasteiger partial charge in [-0.2, -0.15) is 0 Å². The topological polar surface area (TPSA) is 32.3 Å². The van der Waals surface area contributed by atoms with Gasteiger partial charge in [0.05, 0.1) is 6.10 Å². The predicted octanol–water partition coefficient (Wildman–Crippen LogP) is 2.42. The Morgan fingerprint density at radius 2 is 2.25 bits per heavy atom. The molecule has 2 rings (SSSR count). The number of hydrogen-bond acceptors (Lipinski definition) is 2. The Bertz CT molecular complexity index is 333. The number of nitrogens with one attached hydrogen (secondary N) is 1. The summed E-state index contributed by atoms with van der Waals surface area (Å²) in [6.45, 7) is 3.54. The molecule has 0 aliphatic heterocycles. The maximum Gasteiger partial charge on any atom is 0.0662 e. The third kappa shape index (κ3) is 3.32. The second kappa shape index (κ2) is 5.46. The molecular weight excluding hydrogens is 198 g/mol. The molecule has 88 valence electrons. The summed E-state index contributed by atoms with van der Waals surface area (Å²) in [5, 5.41) is 12.7. The largest absolute Gasteiger partial charge is 0.392 e. The van der Waals surface area contributed by atoms with Crippen LogP contribution in [0.15, 0.2) is 24.3 Å². The van der Waals surface area contributed by atoms with E-state index in [1.807, 2.05) is 6.92 Å². The van der Waals surface area contributed by atoms with Crippen molar-refractivity contribution in [2.24, 2.45) is 0 Å². The van der Waals surface area contributed by atoms with Crippen LogP contribution < -0.4 is 5.32 Å². The van der Waals surface area contributed by atoms with E-state index >= 15 is 0 Å². The van der Waals surface area contributed by atoms with Crippen molar-refractivity contribution in [3.63, 3.8) is 0 Å². The number of rotatable bonds is 6. The van der Waals surface area contributed by atoms with Crippen molar-refractivity contribution in [1.29, 1.82) is 0 Å². The fourth-order valence-corrected chi connectivity index (χ4v) is 1.90. The van der Waals surface area contributed by atoms with Crippen LogP contribution >= 0.6 is 0 Å². The summed E-state index contributed by atoms with van der Waals surface area (Å²) in [5.74, 6) is 0.821. The first-order valence-corrected chi connectivity index (χ1v) is 6.27. The van der Waals surface area contributed by atoms with Gasteiger partial charge >= 0.3 is 0 Å². The summed E-state index contributed by atoms with van der Waals surface area (Å²) in [6, 6.07) is 8.81. The molecule has 16 heavy (non-hydrogen) atoms. The van der Waals surface area contributed by atoms with Gasteiger partial charge in [0.25, 0.3) is 0 Å². The fourth-order valence-electron chi connectivity index (χ4n) is 1.90. The number of aliphatic hydroxyl groups is 1. The highest BCUT2D eigenvalue weighted by Crippen LogP contribution is 2.40. The van der Waals surface area contributed by atoms with Crippen LogP contribution in [0.3, 0.4) is 0 Å². The summed E-state index contributed by atoms with van der Waals surface area (Å²) in [4.78, 5) is 0. The van der Waals surface area contributed by atoms with Crippen LogP contribution in [0.2, 0.25) is 0 Å². The third-order valence-electron chi connectivity index (χ3n) is 3.18. The standard InChI is InChI=1S/C14H21NO/c1-2-14(16)10-15-9-11-4-3-5-13(8-11)12-6-7-12/h3-5,8,12,14-16H,2,6-7,9-10H2,1H3. The lowest BCUT2D eigenvalue weighted by Crippen LogP contribution is -2.25. The molecule has 0 heterocycles. The molecule has 1 aliphatic carbocycles. The molecule has 0 radical (unpaired) electrons. The maximum atomic E-state index is 9.43. The lowest BCUT2D eigenvalue weighted by Gasteiger charge is -2.10. The molecule has 2 heteroatoms. The zero-order valence-corrected chi connectivity index (χ0v) is 9.95. The molecular formula is C14H21NO. The minimum atomic E-state index is -0.216. The molecule has 0 spiro atoms. The molecule has 1 fully saturated rings. The van der Waals surface area contributed by atoms with Crippen molar-refractivity contribution in [3.05, 3.63) is 35.4 Å². The van der Waals surface area contributed by atoms with Crippen LogP contribution in [0, 0.1) is 0 Å². The van der Waals surface area contributed by atoms with Crippen LogP contribution in [0.5, 0.6) is 0 Å². The Balaban J connectivity index is 1.82. The molecule has 1 aromatic carbocycles. The number of benzene rings is 1. The first-order chi connectivity index (χ1) is 7.79. The fraction of sp³-hybridized carbons (Fsp3) is 0.571. The first-order valence-electron chi connectivity index (χ1n) is 6.27. The smallest absolute Gasteiger partial charge is 0.0662 e. The average molecular weight is 219 g/mol. The van der Waals surface area contributed by atoms with Gasteiger partial charge < -0.3 is 10.4 Å². The summed E-state index contributed by atoms with van der Waals surface area (Å²) >= 11 is 0. The summed E-state index contributed by atoms with van der Waals surface area (Å²) in [7, 11) is 0. The van der Waals surface area contributed by atoms with E-state index in [0.717, 1.165) is 18.9 Å². The van der Waals surface area contributed by atoms with E-state index in [9.17, 15) is 5.11 Å². The maximum absolute atomic E-state index is 9.43. The van der Waals surface area contributed by atoms with Gasteiger partial charge in [0.2, 0.25) is 0 Å². The van der Waals surface area contributed by atoms with Gasteiger partial charge in [-0.3, -0.25) is 0 Å². The van der Waals surface area contributed by atoms with E-state index in [1.165, 1.54) is 24.0 Å². The molecule has 0 aromatic heterocycles. The van der Waals surface area contributed by atoms with E-state index in [2.05, 4.69) is 29.6 Å². The Hall–Kier alpha value is -0.860. The highest BCUT2D eigenvalue weighted by atomic mass is 16.3. The van der Waals surface area contributed by atoms with Crippen molar-refractivity contribution in [3.8, 4) is 0 Å².